The molecule has 7 nitrogen and oxygen atoms in total. The smallest absolute Gasteiger partial charge is 0.182 e. The molecule has 0 N–H and O–H groups in total. The largest absolute Gasteiger partial charge is 0.228 e. The molecule has 0 spiro atoms. The number of nitrogens with zero attached hydrogens (tertiary/aromatic N) is 7. The Hall–Kier alpha value is -7.64. The average Bonchev–Trinajstić information content (AvgIpc) is 3.84. The Morgan fingerprint density at radius 2 is 0.914 bits per heavy atom. The van der Waals surface area contributed by atoms with Gasteiger partial charge in [-0.1, -0.05) is 159 Å². The van der Waals surface area contributed by atoms with Gasteiger partial charge in [-0.25, -0.2) is 24.9 Å². The van der Waals surface area contributed by atoms with Crippen LogP contribution in [0.3, 0.4) is 0 Å². The van der Waals surface area contributed by atoms with Crippen LogP contribution < -0.4 is 0 Å². The van der Waals surface area contributed by atoms with Crippen molar-refractivity contribution < 1.29 is 0 Å². The lowest BCUT2D eigenvalue weighted by atomic mass is 9.82. The molecule has 1 aliphatic rings. The molecule has 0 unspecified atom stereocenters. The molecule has 11 rings (SSSR count). The van der Waals surface area contributed by atoms with E-state index >= 15 is 0 Å². The Morgan fingerprint density at radius 3 is 1.60 bits per heavy atom. The molecule has 0 bridgehead atoms. The van der Waals surface area contributed by atoms with E-state index in [-0.39, 0.29) is 5.41 Å². The molecule has 10 aromatic rings. The zero-order chi connectivity index (χ0) is 38.8. The van der Waals surface area contributed by atoms with E-state index < -0.39 is 0 Å². The quantitative estimate of drug-likeness (QED) is 0.169. The lowest BCUT2D eigenvalue weighted by molar-refractivity contribution is 0.660. The summed E-state index contributed by atoms with van der Waals surface area (Å²) in [6, 6.07) is 60.4. The number of hydrogen-bond acceptors (Lipinski definition) is 6. The first-order valence-corrected chi connectivity index (χ1v) is 19.5. The van der Waals surface area contributed by atoms with E-state index in [4.69, 9.17) is 30.0 Å². The van der Waals surface area contributed by atoms with Gasteiger partial charge < -0.3 is 0 Å². The molecule has 7 aromatic carbocycles. The highest BCUT2D eigenvalue weighted by Crippen LogP contribution is 2.49. The molecule has 0 aliphatic heterocycles. The molecule has 1 aliphatic carbocycles. The van der Waals surface area contributed by atoms with E-state index in [2.05, 4.69) is 105 Å². The summed E-state index contributed by atoms with van der Waals surface area (Å²) in [6.45, 7) is 4.60. The van der Waals surface area contributed by atoms with Crippen LogP contribution in [0.2, 0.25) is 0 Å². The highest BCUT2D eigenvalue weighted by Gasteiger charge is 2.35. The Labute approximate surface area is 335 Å². The van der Waals surface area contributed by atoms with Crippen molar-refractivity contribution in [2.24, 2.45) is 0 Å². The van der Waals surface area contributed by atoms with E-state index in [1.807, 2.05) is 89.4 Å². The number of benzene rings is 7. The summed E-state index contributed by atoms with van der Waals surface area (Å²) in [5.74, 6) is 3.25. The SMILES string of the molecule is CC1(C)c2ccccc2-c2ccc(-c3nc4ccccc4c4nc(-c5cccc(-c6cccc(-c7nc(-c8ccccc8)nc(-c8ccccc8)n7)c6)c5)nn34)cc21. The topological polar surface area (TPSA) is 81.8 Å². The summed E-state index contributed by atoms with van der Waals surface area (Å²) >= 11 is 0. The van der Waals surface area contributed by atoms with Gasteiger partial charge in [0.15, 0.2) is 34.8 Å². The maximum atomic E-state index is 5.20. The minimum Gasteiger partial charge on any atom is -0.228 e. The minimum absolute atomic E-state index is 0.138. The third kappa shape index (κ3) is 5.59. The van der Waals surface area contributed by atoms with Crippen molar-refractivity contribution in [2.75, 3.05) is 0 Å². The molecule has 7 heteroatoms. The van der Waals surface area contributed by atoms with Crippen LogP contribution in [-0.2, 0) is 5.41 Å². The molecular formula is C51H35N7. The van der Waals surface area contributed by atoms with Gasteiger partial charge in [-0.15, -0.1) is 5.10 Å². The lowest BCUT2D eigenvalue weighted by Crippen LogP contribution is -2.15. The van der Waals surface area contributed by atoms with Gasteiger partial charge in [-0.3, -0.25) is 0 Å². The standard InChI is InChI=1S/C51H35N7/c1-51(2)42-25-11-9-23-39(42)40-28-27-38(31-43(40)51)49-52-44-26-12-10-24-41(44)50-56-48(57-58(49)50)37-22-14-20-35(30-37)34-19-13-21-36(29-34)47-54-45(32-15-5-3-6-16-32)53-46(55-47)33-17-7-4-8-18-33/h3-31H,1-2H3. The maximum Gasteiger partial charge on any atom is 0.182 e. The van der Waals surface area contributed by atoms with Gasteiger partial charge >= 0.3 is 0 Å². The Kier molecular flexibility index (Phi) is 7.69. The van der Waals surface area contributed by atoms with E-state index in [1.54, 1.807) is 0 Å². The Bertz CT molecular complexity index is 3150. The van der Waals surface area contributed by atoms with Gasteiger partial charge in [0, 0.05) is 38.6 Å². The van der Waals surface area contributed by atoms with Crippen LogP contribution in [-0.4, -0.2) is 34.5 Å². The van der Waals surface area contributed by atoms with Crippen molar-refractivity contribution in [1.82, 2.24) is 34.5 Å². The summed E-state index contributed by atoms with van der Waals surface area (Å²) in [4.78, 5) is 25.2. The third-order valence-electron chi connectivity index (χ3n) is 11.3. The summed E-state index contributed by atoms with van der Waals surface area (Å²) in [5.41, 5.74) is 13.4. The van der Waals surface area contributed by atoms with Crippen LogP contribution in [0.5, 0.6) is 0 Å². The van der Waals surface area contributed by atoms with E-state index in [9.17, 15) is 0 Å². The zero-order valence-corrected chi connectivity index (χ0v) is 31.9. The van der Waals surface area contributed by atoms with Crippen LogP contribution >= 0.6 is 0 Å². The predicted molar refractivity (Wildman–Crippen MR) is 232 cm³/mol. The number of fused-ring (bicyclic) bond motifs is 6. The predicted octanol–water partition coefficient (Wildman–Crippen LogP) is 11.8. The Balaban J connectivity index is 1.00. The monoisotopic (exact) mass is 745 g/mol. The third-order valence-corrected chi connectivity index (χ3v) is 11.3. The van der Waals surface area contributed by atoms with Crippen molar-refractivity contribution in [3.63, 3.8) is 0 Å². The fourth-order valence-corrected chi connectivity index (χ4v) is 8.32. The van der Waals surface area contributed by atoms with Crippen LogP contribution in [0, 0.1) is 0 Å². The second-order valence-electron chi connectivity index (χ2n) is 15.3. The highest BCUT2D eigenvalue weighted by atomic mass is 15.3. The van der Waals surface area contributed by atoms with Gasteiger partial charge in [0.1, 0.15) is 0 Å². The molecule has 0 saturated carbocycles. The number of hydrogen-bond donors (Lipinski definition) is 0. The van der Waals surface area contributed by atoms with Crippen LogP contribution in [0.25, 0.3) is 95.7 Å². The second-order valence-corrected chi connectivity index (χ2v) is 15.3. The molecule has 58 heavy (non-hydrogen) atoms. The average molecular weight is 746 g/mol. The first-order valence-electron chi connectivity index (χ1n) is 19.5. The van der Waals surface area contributed by atoms with Gasteiger partial charge in [0.2, 0.25) is 0 Å². The summed E-state index contributed by atoms with van der Waals surface area (Å²) in [6.07, 6.45) is 0. The molecule has 0 fully saturated rings. The molecule has 3 heterocycles. The molecule has 274 valence electrons. The number of rotatable bonds is 6. The fraction of sp³-hybridized carbons (Fsp3) is 0.0588. The van der Waals surface area contributed by atoms with Crippen molar-refractivity contribution >= 4 is 16.6 Å². The lowest BCUT2D eigenvalue weighted by Gasteiger charge is -2.21. The highest BCUT2D eigenvalue weighted by molar-refractivity contribution is 5.94. The molecular weight excluding hydrogens is 711 g/mol. The normalized spacial score (nSPS) is 12.8. The van der Waals surface area contributed by atoms with Gasteiger partial charge in [-0.2, -0.15) is 4.52 Å². The number of aromatic nitrogens is 7. The second kappa shape index (κ2) is 13.2. The molecule has 0 amide bonds. The van der Waals surface area contributed by atoms with Gasteiger partial charge in [-0.05, 0) is 63.7 Å². The van der Waals surface area contributed by atoms with Crippen molar-refractivity contribution in [3.8, 4) is 79.2 Å². The molecule has 0 radical (unpaired) electrons. The summed E-state index contributed by atoms with van der Waals surface area (Å²) in [5, 5.41) is 6.12. The zero-order valence-electron chi connectivity index (χ0n) is 31.9. The first-order chi connectivity index (χ1) is 28.5. The van der Waals surface area contributed by atoms with Gasteiger partial charge in [0.05, 0.1) is 5.52 Å². The summed E-state index contributed by atoms with van der Waals surface area (Å²) < 4.78 is 1.91. The number of para-hydroxylation sites is 1. The van der Waals surface area contributed by atoms with E-state index in [1.165, 1.54) is 22.3 Å². The Morgan fingerprint density at radius 1 is 0.379 bits per heavy atom. The van der Waals surface area contributed by atoms with Gasteiger partial charge in [0.25, 0.3) is 0 Å². The summed E-state index contributed by atoms with van der Waals surface area (Å²) in [7, 11) is 0. The molecule has 3 aromatic heterocycles. The maximum absolute atomic E-state index is 5.20. The van der Waals surface area contributed by atoms with Crippen LogP contribution in [0.4, 0.5) is 0 Å². The van der Waals surface area contributed by atoms with Crippen molar-refractivity contribution in [3.05, 3.63) is 187 Å². The van der Waals surface area contributed by atoms with E-state index in [0.717, 1.165) is 61.3 Å². The van der Waals surface area contributed by atoms with Crippen LogP contribution in [0.15, 0.2) is 176 Å². The first kappa shape index (κ1) is 33.7. The molecule has 0 atom stereocenters. The molecule has 0 saturated heterocycles. The van der Waals surface area contributed by atoms with Crippen LogP contribution in [0.1, 0.15) is 25.0 Å². The van der Waals surface area contributed by atoms with E-state index in [0.29, 0.717) is 23.3 Å². The fourth-order valence-electron chi connectivity index (χ4n) is 8.32. The van der Waals surface area contributed by atoms with Crippen molar-refractivity contribution in [2.45, 2.75) is 19.3 Å². The van der Waals surface area contributed by atoms with Crippen molar-refractivity contribution in [1.29, 1.82) is 0 Å². The minimum atomic E-state index is -0.138.